The summed E-state index contributed by atoms with van der Waals surface area (Å²) in [5.74, 6) is -6.21. The van der Waals surface area contributed by atoms with E-state index in [1.54, 1.807) is 30.8 Å². The number of nitrogen functional groups attached to an aromatic ring is 1. The lowest BCUT2D eigenvalue weighted by molar-refractivity contribution is -0.146. The third-order valence-electron chi connectivity index (χ3n) is 19.9. The van der Waals surface area contributed by atoms with E-state index in [1.807, 2.05) is 78.8 Å². The number of nitrogens with two attached hydrogens (primary N) is 1. The number of rotatable bonds is 49. The number of likely N-dealkylation sites (tertiary alicyclic amines) is 1. The molecule has 0 spiro atoms. The molecule has 1 aromatic carbocycles. The van der Waals surface area contributed by atoms with Crippen molar-refractivity contribution < 1.29 is 119 Å². The Balaban J connectivity index is 0.970. The number of methoxy groups -OCH3 is 1. The quantitative estimate of drug-likeness (QED) is 0.0258. The first-order chi connectivity index (χ1) is 51.5. The van der Waals surface area contributed by atoms with Gasteiger partial charge in [-0.05, 0) is 61.3 Å². The Morgan fingerprint density at radius 3 is 2.09 bits per heavy atom. The van der Waals surface area contributed by atoms with Crippen LogP contribution in [-0.2, 0) is 90.6 Å². The topological polar surface area (TPSA) is 517 Å². The highest BCUT2D eigenvalue weighted by Crippen LogP contribution is 2.61. The number of anilines is 1. The molecule has 0 aliphatic carbocycles. The number of likely N-dealkylation sites (N-methyl/N-ethyl adjacent to an activating group) is 2. The summed E-state index contributed by atoms with van der Waals surface area (Å²) in [6.07, 6.45) is -2.93. The molecule has 0 saturated carbocycles. The van der Waals surface area contributed by atoms with Crippen LogP contribution >= 0.6 is 35.2 Å². The fourth-order valence-corrected chi connectivity index (χ4v) is 17.4. The number of ketones is 2. The van der Waals surface area contributed by atoms with Crippen LogP contribution in [0.4, 0.5) is 5.82 Å². The molecule has 3 aromatic rings. The first kappa shape index (κ1) is 94.4. The average molecular weight is 1630 g/mol. The molecule has 2 aliphatic heterocycles. The molecule has 2 saturated heterocycles. The molecular weight excluding hydrogens is 1520 g/mol. The van der Waals surface area contributed by atoms with Crippen LogP contribution in [0.1, 0.15) is 158 Å². The number of ether oxygens (including phenoxy) is 2. The monoisotopic (exact) mass is 1630 g/mol. The number of Topliss-reactive ketones (excluding diaryl/α,β-unsaturated/α-hetero) is 2. The Labute approximate surface area is 646 Å². The predicted octanol–water partition coefficient (Wildman–Crippen LogP) is 5.12. The molecule has 6 amide bonds. The predicted molar refractivity (Wildman–Crippen MR) is 403 cm³/mol. The van der Waals surface area contributed by atoms with Gasteiger partial charge in [0.25, 0.3) is 0 Å². The maximum absolute atomic E-state index is 14.7. The van der Waals surface area contributed by atoms with Crippen molar-refractivity contribution in [2.45, 2.75) is 214 Å². The minimum Gasteiger partial charge on any atom is -0.481 e. The standard InChI is InChI=1S/C70H114N11O25P3S/c1-14-43(6)58(44(7)33-54(86)80-31-22-26-49(80)60(101-13)45(8)50(83)35-47(69(92)93)34-46-23-18-17-19-24-46)79(12)67(91)55(41(2)3)77-65(89)57(42(4)5)78(11)53(85)27-21-16-15-20-25-48(82)37-110-32-30-72-52(84)28-29-73-66(90)62(88)70(9,10)38-103-109(99,100)106-108(97,98)102-36-51-61(105-107(94,95)96)59(87)68(104-51)81-40-76-56-63(71)74-39-75-64(56)81/h17-19,23-24,39-45,47,49,51,55,57-62,68,87-88H,14-16,20-22,25-38H2,1-13H3,(H,72,84)(H,73,90)(H,77,89)(H,92,93)(H,97,98)(H,99,100)(H2,71,74,75)(H2,94,95,96)/t43-,44+,45-,47+,49-,51-,55-,57-,58-,59-,60+,61-,62-,68-/m0/s1. The Morgan fingerprint density at radius 2 is 1.47 bits per heavy atom. The smallest absolute Gasteiger partial charge is 0.481 e. The number of aliphatic hydroxyl groups is 2. The number of aliphatic hydroxyl groups excluding tert-OH is 2. The number of fused-ring (bicyclic) bond motifs is 1. The number of phosphoric acid groups is 3. The lowest BCUT2D eigenvalue weighted by Crippen LogP contribution is -2.59. The molecule has 620 valence electrons. The van der Waals surface area contributed by atoms with Gasteiger partial charge in [-0.15, -0.1) is 0 Å². The van der Waals surface area contributed by atoms with E-state index < -0.39 is 139 Å². The molecule has 4 heterocycles. The highest BCUT2D eigenvalue weighted by Gasteiger charge is 2.51. The Kier molecular flexibility index (Phi) is 37.1. The molecule has 16 atom stereocenters. The van der Waals surface area contributed by atoms with Gasteiger partial charge in [0.15, 0.2) is 17.7 Å². The van der Waals surface area contributed by atoms with Gasteiger partial charge in [-0.25, -0.2) is 28.6 Å². The first-order valence-corrected chi connectivity index (χ1v) is 42.6. The number of imidazole rings is 1. The van der Waals surface area contributed by atoms with Crippen LogP contribution in [0.5, 0.6) is 0 Å². The summed E-state index contributed by atoms with van der Waals surface area (Å²) < 4.78 is 68.9. The first-order valence-electron chi connectivity index (χ1n) is 36.9. The highest BCUT2D eigenvalue weighted by atomic mass is 32.2. The van der Waals surface area contributed by atoms with E-state index in [0.717, 1.165) is 22.8 Å². The molecule has 0 bridgehead atoms. The highest BCUT2D eigenvalue weighted by molar-refractivity contribution is 7.99. The molecular formula is C70H114N11O25P3S. The molecule has 2 aromatic heterocycles. The van der Waals surface area contributed by atoms with Gasteiger partial charge < -0.3 is 80.8 Å². The molecule has 2 aliphatic rings. The number of nitrogens with one attached hydrogen (secondary N) is 3. The van der Waals surface area contributed by atoms with Crippen molar-refractivity contribution in [2.75, 3.05) is 71.3 Å². The minimum atomic E-state index is -5.64. The van der Waals surface area contributed by atoms with Crippen molar-refractivity contribution in [3.8, 4) is 0 Å². The molecule has 110 heavy (non-hydrogen) atoms. The number of phosphoric ester groups is 3. The Morgan fingerprint density at radius 1 is 0.818 bits per heavy atom. The minimum absolute atomic E-state index is 0.00445. The van der Waals surface area contributed by atoms with Gasteiger partial charge in [-0.1, -0.05) is 119 Å². The zero-order valence-electron chi connectivity index (χ0n) is 64.9. The number of carboxylic acid groups (broad SMARTS) is 1. The summed E-state index contributed by atoms with van der Waals surface area (Å²) in [5, 5.41) is 39.9. The van der Waals surface area contributed by atoms with Crippen molar-refractivity contribution in [1.29, 1.82) is 0 Å². The second kappa shape index (κ2) is 43.3. The van der Waals surface area contributed by atoms with E-state index in [4.69, 9.17) is 24.3 Å². The number of nitrogens with zero attached hydrogens (tertiary/aromatic N) is 7. The Bertz CT molecular complexity index is 3730. The van der Waals surface area contributed by atoms with Crippen LogP contribution in [0.3, 0.4) is 0 Å². The lowest BCUT2D eigenvalue weighted by atomic mass is 9.84. The number of thioether (sulfide) groups is 1. The van der Waals surface area contributed by atoms with E-state index in [9.17, 15) is 91.7 Å². The van der Waals surface area contributed by atoms with Gasteiger partial charge in [-0.3, -0.25) is 61.3 Å². The molecule has 12 N–H and O–H groups in total. The maximum Gasteiger partial charge on any atom is 0.481 e. The van der Waals surface area contributed by atoms with Gasteiger partial charge in [-0.2, -0.15) is 16.1 Å². The summed E-state index contributed by atoms with van der Waals surface area (Å²) in [7, 11) is -11.8. The van der Waals surface area contributed by atoms with Crippen molar-refractivity contribution in [2.24, 2.45) is 40.9 Å². The van der Waals surface area contributed by atoms with Crippen LogP contribution < -0.4 is 21.7 Å². The zero-order chi connectivity index (χ0) is 82.3. The number of hydrogen-bond donors (Lipinski definition) is 11. The fourth-order valence-electron chi connectivity index (χ4n) is 13.8. The summed E-state index contributed by atoms with van der Waals surface area (Å²) in [6, 6.07) is 6.42. The number of aliphatic carboxylic acids is 1. The number of benzene rings is 1. The maximum atomic E-state index is 14.7. The number of amides is 6. The van der Waals surface area contributed by atoms with Crippen LogP contribution in [0.2, 0.25) is 0 Å². The number of hydrogen-bond acceptors (Lipinski definition) is 25. The molecule has 40 heteroatoms. The SMILES string of the molecule is CC[C@H](C)[C@@H]([C@H](C)CC(=O)N1CCC[C@H]1[C@H](OC)[C@@H](C)C(=O)C[C@@H](Cc1ccccc1)C(=O)O)N(C)C(=O)[C@@H](NC(=O)[C@H](C(C)C)N(C)C(=O)CCCCCCC(=O)CSCCNC(=O)CCNC(=O)[C@H](O)C(C)(C)COP(=O)(O)OP(=O)(O)OC[C@@H]1O[C@H](n2cnc3c(N)ncnc32)[C@@H](O)[C@H]1OP(=O)(O)O)C(C)C. The molecule has 2 unspecified atom stereocenters. The van der Waals surface area contributed by atoms with Crippen molar-refractivity contribution in [1.82, 2.24) is 50.2 Å². The molecule has 36 nitrogen and oxygen atoms in total. The average Bonchev–Trinajstić information content (AvgIpc) is 1.61. The van der Waals surface area contributed by atoms with Gasteiger partial charge in [0.1, 0.15) is 59.9 Å². The largest absolute Gasteiger partial charge is 0.481 e. The van der Waals surface area contributed by atoms with Gasteiger partial charge in [0.2, 0.25) is 35.4 Å². The van der Waals surface area contributed by atoms with Crippen LogP contribution in [0.25, 0.3) is 11.2 Å². The number of aromatic nitrogens is 4. The second-order valence-electron chi connectivity index (χ2n) is 29.7. The van der Waals surface area contributed by atoms with Crippen molar-refractivity contribution >= 4 is 105 Å². The van der Waals surface area contributed by atoms with E-state index in [0.29, 0.717) is 63.7 Å². The molecule has 2 fully saturated rings. The van der Waals surface area contributed by atoms with E-state index in [2.05, 4.69) is 39.7 Å². The van der Waals surface area contributed by atoms with E-state index in [1.165, 1.54) is 37.6 Å². The van der Waals surface area contributed by atoms with Gasteiger partial charge >= 0.3 is 29.4 Å². The van der Waals surface area contributed by atoms with Gasteiger partial charge in [0.05, 0.1) is 43.4 Å². The number of carbonyl (C=O) groups excluding carboxylic acids is 8. The normalized spacial score (nSPS) is 20.5. The van der Waals surface area contributed by atoms with Crippen LogP contribution in [-0.4, -0.2) is 242 Å². The summed E-state index contributed by atoms with van der Waals surface area (Å²) >= 11 is 1.31. The summed E-state index contributed by atoms with van der Waals surface area (Å²) in [4.78, 5) is 178. The number of carboxylic acids is 1. The second-order valence-corrected chi connectivity index (χ2v) is 35.0. The van der Waals surface area contributed by atoms with E-state index in [-0.39, 0.29) is 121 Å². The summed E-state index contributed by atoms with van der Waals surface area (Å²) in [6.45, 7) is 15.8. The van der Waals surface area contributed by atoms with Crippen molar-refractivity contribution in [3.63, 3.8) is 0 Å². The third kappa shape index (κ3) is 28.1. The fraction of sp³-hybridized carbons (Fsp3) is 0.714. The number of unbranched alkanes of at least 4 members (excludes halogenated alkanes) is 3. The van der Waals surface area contributed by atoms with Crippen LogP contribution in [0, 0.1) is 40.9 Å². The van der Waals surface area contributed by atoms with Crippen LogP contribution in [0.15, 0.2) is 43.0 Å². The third-order valence-corrected chi connectivity index (χ3v) is 24.1. The zero-order valence-corrected chi connectivity index (χ0v) is 68.4. The summed E-state index contributed by atoms with van der Waals surface area (Å²) in [5.41, 5.74) is 5.02. The number of carbonyl (C=O) groups is 9. The molecule has 0 radical (unpaired) electrons. The van der Waals surface area contributed by atoms with E-state index >= 15 is 0 Å². The van der Waals surface area contributed by atoms with Crippen molar-refractivity contribution in [3.05, 3.63) is 48.5 Å². The lowest BCUT2D eigenvalue weighted by Gasteiger charge is -2.41. The van der Waals surface area contributed by atoms with Gasteiger partial charge in [0, 0.05) is 96.1 Å². The molecule has 5 rings (SSSR count). The Hall–Kier alpha value is -6.24.